The zero-order valence-electron chi connectivity index (χ0n) is 16.8. The second kappa shape index (κ2) is 8.54. The van der Waals surface area contributed by atoms with Crippen LogP contribution in [0.5, 0.6) is 0 Å². The molecule has 0 aromatic heterocycles. The van der Waals surface area contributed by atoms with Crippen LogP contribution in [0.3, 0.4) is 0 Å². The van der Waals surface area contributed by atoms with Gasteiger partial charge >= 0.3 is 5.97 Å². The molecule has 2 atom stereocenters. The van der Waals surface area contributed by atoms with E-state index in [2.05, 4.69) is 0 Å². The maximum absolute atomic E-state index is 13.0. The number of allylic oxidation sites excluding steroid dienone is 2. The molecule has 2 amide bonds. The molecule has 0 spiro atoms. The molecule has 2 aromatic carbocycles. The van der Waals surface area contributed by atoms with Crippen LogP contribution in [-0.2, 0) is 14.3 Å². The summed E-state index contributed by atoms with van der Waals surface area (Å²) in [7, 11) is 0. The second-order valence-corrected chi connectivity index (χ2v) is 7.49. The van der Waals surface area contributed by atoms with Crippen molar-refractivity contribution in [3.05, 3.63) is 81.9 Å². The Morgan fingerprint density at radius 2 is 1.62 bits per heavy atom. The fraction of sp³-hybridized carbons (Fsp3) is 0.217. The number of ketones is 1. The minimum absolute atomic E-state index is 0.204. The zero-order valence-corrected chi connectivity index (χ0v) is 16.8. The second-order valence-electron chi connectivity index (χ2n) is 7.49. The number of hydrogen-bond acceptors (Lipinski definition) is 7. The van der Waals surface area contributed by atoms with Crippen molar-refractivity contribution in [2.45, 2.75) is 12.8 Å². The predicted molar refractivity (Wildman–Crippen MR) is 112 cm³/mol. The average molecular weight is 434 g/mol. The summed E-state index contributed by atoms with van der Waals surface area (Å²) in [6.45, 7) is -0.559. The molecule has 32 heavy (non-hydrogen) atoms. The third kappa shape index (κ3) is 3.80. The van der Waals surface area contributed by atoms with Crippen molar-refractivity contribution in [3.63, 3.8) is 0 Å². The Labute approximate surface area is 182 Å². The van der Waals surface area contributed by atoms with Crippen molar-refractivity contribution in [1.29, 1.82) is 0 Å². The van der Waals surface area contributed by atoms with Crippen LogP contribution in [0.1, 0.15) is 33.6 Å². The van der Waals surface area contributed by atoms with Gasteiger partial charge in [0.15, 0.2) is 12.4 Å². The molecule has 1 fully saturated rings. The van der Waals surface area contributed by atoms with Crippen LogP contribution < -0.4 is 4.90 Å². The van der Waals surface area contributed by atoms with Crippen LogP contribution in [0.15, 0.2) is 60.7 Å². The molecule has 1 aliphatic heterocycles. The molecule has 4 rings (SSSR count). The lowest BCUT2D eigenvalue weighted by Crippen LogP contribution is -2.32. The van der Waals surface area contributed by atoms with E-state index >= 15 is 0 Å². The number of non-ortho nitro benzene ring substituents is 1. The molecule has 2 aromatic rings. The number of rotatable bonds is 6. The summed E-state index contributed by atoms with van der Waals surface area (Å²) in [4.78, 5) is 62.4. The molecule has 1 saturated heterocycles. The van der Waals surface area contributed by atoms with Crippen molar-refractivity contribution in [2.75, 3.05) is 11.5 Å². The lowest BCUT2D eigenvalue weighted by Gasteiger charge is -2.18. The lowest BCUT2D eigenvalue weighted by molar-refractivity contribution is -0.384. The van der Waals surface area contributed by atoms with Gasteiger partial charge < -0.3 is 4.74 Å². The number of nitrogens with zero attached hydrogens (tertiary/aromatic N) is 2. The van der Waals surface area contributed by atoms with E-state index < -0.39 is 46.9 Å². The first-order valence-electron chi connectivity index (χ1n) is 9.95. The molecule has 9 heteroatoms. The summed E-state index contributed by atoms with van der Waals surface area (Å²) in [6.07, 6.45) is 4.39. The summed E-state index contributed by atoms with van der Waals surface area (Å²) in [5, 5.41) is 11.3. The molecular formula is C23H18N2O7. The summed E-state index contributed by atoms with van der Waals surface area (Å²) >= 11 is 0. The Hall–Kier alpha value is -4.14. The van der Waals surface area contributed by atoms with Gasteiger partial charge in [0, 0.05) is 17.7 Å². The normalized spacial score (nSPS) is 19.6. The van der Waals surface area contributed by atoms with E-state index in [4.69, 9.17) is 4.74 Å². The van der Waals surface area contributed by atoms with Gasteiger partial charge in [-0.3, -0.25) is 24.5 Å². The van der Waals surface area contributed by atoms with Gasteiger partial charge in [0.2, 0.25) is 11.8 Å². The van der Waals surface area contributed by atoms with Crippen LogP contribution >= 0.6 is 0 Å². The lowest BCUT2D eigenvalue weighted by atomic mass is 9.85. The number of ether oxygens (including phenoxy) is 1. The molecule has 162 valence electrons. The van der Waals surface area contributed by atoms with Gasteiger partial charge in [-0.2, -0.15) is 0 Å². The zero-order chi connectivity index (χ0) is 22.8. The van der Waals surface area contributed by atoms with E-state index in [0.717, 1.165) is 23.1 Å². The number of amides is 2. The standard InChI is InChI=1S/C23H18N2O7/c26-20(14-6-2-1-3-7-14)13-32-23(29)18-11-10-15(25(30)31)12-19(18)24-21(27)16-8-4-5-9-17(16)22(24)28/h1-7,10-12,16-17H,8-9,13H2. The van der Waals surface area contributed by atoms with Gasteiger partial charge in [-0.15, -0.1) is 0 Å². The minimum atomic E-state index is -0.965. The molecule has 1 aliphatic carbocycles. The van der Waals surface area contributed by atoms with Crippen molar-refractivity contribution >= 4 is 34.9 Å². The van der Waals surface area contributed by atoms with Crippen molar-refractivity contribution in [1.82, 2.24) is 0 Å². The van der Waals surface area contributed by atoms with E-state index in [-0.39, 0.29) is 16.9 Å². The quantitative estimate of drug-likeness (QED) is 0.171. The predicted octanol–water partition coefficient (Wildman–Crippen LogP) is 3.09. The number of fused-ring (bicyclic) bond motifs is 1. The highest BCUT2D eigenvalue weighted by Gasteiger charge is 2.49. The summed E-state index contributed by atoms with van der Waals surface area (Å²) in [6, 6.07) is 11.4. The first-order chi connectivity index (χ1) is 15.4. The van der Waals surface area contributed by atoms with E-state index in [0.29, 0.717) is 18.4 Å². The van der Waals surface area contributed by atoms with Crippen LogP contribution in [0.4, 0.5) is 11.4 Å². The summed E-state index contributed by atoms with van der Waals surface area (Å²) < 4.78 is 5.11. The van der Waals surface area contributed by atoms with Gasteiger partial charge in [0.25, 0.3) is 5.69 Å². The van der Waals surface area contributed by atoms with Crippen molar-refractivity contribution in [2.24, 2.45) is 11.8 Å². The topological polar surface area (TPSA) is 124 Å². The smallest absolute Gasteiger partial charge is 0.340 e. The number of carbonyl (C=O) groups excluding carboxylic acids is 4. The molecule has 2 aliphatic rings. The Balaban J connectivity index is 1.63. The molecule has 0 bridgehead atoms. The molecule has 1 heterocycles. The first kappa shape index (κ1) is 21.1. The SMILES string of the molecule is O=C(COC(=O)c1ccc([N+](=O)[O-])cc1N1C(=O)C2CC=CCC2C1=O)c1ccccc1. The molecule has 2 unspecified atom stereocenters. The molecule has 0 radical (unpaired) electrons. The number of Topliss-reactive ketones (excluding diaryl/α,β-unsaturated/α-hetero) is 1. The van der Waals surface area contributed by atoms with Gasteiger partial charge in [-0.1, -0.05) is 42.5 Å². The van der Waals surface area contributed by atoms with E-state index in [1.54, 1.807) is 30.3 Å². The molecular weight excluding hydrogens is 416 g/mol. The molecule has 9 nitrogen and oxygen atoms in total. The Kier molecular flexibility index (Phi) is 5.63. The summed E-state index contributed by atoms with van der Waals surface area (Å²) in [5.74, 6) is -3.58. The minimum Gasteiger partial charge on any atom is -0.454 e. The number of imide groups is 1. The number of esters is 1. The Morgan fingerprint density at radius 3 is 2.22 bits per heavy atom. The van der Waals surface area contributed by atoms with E-state index in [1.807, 2.05) is 12.2 Å². The van der Waals surface area contributed by atoms with Gasteiger partial charge in [0.05, 0.1) is 28.0 Å². The fourth-order valence-electron chi connectivity index (χ4n) is 3.95. The van der Waals surface area contributed by atoms with E-state index in [1.165, 1.54) is 0 Å². The first-order valence-corrected chi connectivity index (χ1v) is 9.95. The number of carbonyl (C=O) groups is 4. The monoisotopic (exact) mass is 434 g/mol. The summed E-state index contributed by atoms with van der Waals surface area (Å²) in [5.41, 5.74) is -0.443. The highest BCUT2D eigenvalue weighted by atomic mass is 16.6. The van der Waals surface area contributed by atoms with Crippen LogP contribution in [0.2, 0.25) is 0 Å². The van der Waals surface area contributed by atoms with Gasteiger partial charge in [-0.25, -0.2) is 9.69 Å². The average Bonchev–Trinajstić information content (AvgIpc) is 3.07. The van der Waals surface area contributed by atoms with E-state index in [9.17, 15) is 29.3 Å². The highest BCUT2D eigenvalue weighted by Crippen LogP contribution is 2.39. The fourth-order valence-corrected chi connectivity index (χ4v) is 3.95. The third-order valence-electron chi connectivity index (χ3n) is 5.59. The number of nitro benzene ring substituents is 1. The van der Waals surface area contributed by atoms with Gasteiger partial charge in [0.1, 0.15) is 0 Å². The van der Waals surface area contributed by atoms with Gasteiger partial charge in [-0.05, 0) is 18.9 Å². The van der Waals surface area contributed by atoms with Crippen molar-refractivity contribution in [3.8, 4) is 0 Å². The third-order valence-corrected chi connectivity index (χ3v) is 5.59. The highest BCUT2D eigenvalue weighted by molar-refractivity contribution is 6.24. The number of benzene rings is 2. The Bertz CT molecular complexity index is 1130. The maximum Gasteiger partial charge on any atom is 0.340 e. The Morgan fingerprint density at radius 1 is 1.00 bits per heavy atom. The van der Waals surface area contributed by atoms with Crippen LogP contribution in [-0.4, -0.2) is 35.1 Å². The van der Waals surface area contributed by atoms with Crippen LogP contribution in [0.25, 0.3) is 0 Å². The number of anilines is 1. The molecule has 0 saturated carbocycles. The maximum atomic E-state index is 13.0. The number of nitro groups is 1. The van der Waals surface area contributed by atoms with Crippen LogP contribution in [0, 0.1) is 22.0 Å². The van der Waals surface area contributed by atoms with Crippen molar-refractivity contribution < 1.29 is 28.8 Å². The largest absolute Gasteiger partial charge is 0.454 e. The molecule has 0 N–H and O–H groups in total. The number of hydrogen-bond donors (Lipinski definition) is 0.